The smallest absolute Gasteiger partial charge is 0.240 e. The molecule has 0 atom stereocenters. The van der Waals surface area contributed by atoms with E-state index in [4.69, 9.17) is 0 Å². The van der Waals surface area contributed by atoms with Crippen LogP contribution in [0.4, 0.5) is 5.69 Å². The van der Waals surface area contributed by atoms with Gasteiger partial charge in [-0.1, -0.05) is 26.8 Å². The van der Waals surface area contributed by atoms with Crippen molar-refractivity contribution in [2.24, 2.45) is 0 Å². The van der Waals surface area contributed by atoms with Crippen LogP contribution in [0.25, 0.3) is 0 Å². The molecule has 2 rings (SSSR count). The van der Waals surface area contributed by atoms with Crippen LogP contribution in [-0.2, 0) is 10.2 Å². The quantitative estimate of drug-likeness (QED) is 0.757. The van der Waals surface area contributed by atoms with Gasteiger partial charge >= 0.3 is 0 Å². The Hall–Kier alpha value is -0.960. The van der Waals surface area contributed by atoms with Crippen LogP contribution in [0.3, 0.4) is 0 Å². The number of hydrogen-bond donors (Lipinski definition) is 1. The largest absolute Gasteiger partial charge is 0.324 e. The Morgan fingerprint density at radius 2 is 1.88 bits per heavy atom. The Morgan fingerprint density at radius 1 is 1.24 bits per heavy atom. The summed E-state index contributed by atoms with van der Waals surface area (Å²) >= 11 is 1.63. The highest BCUT2D eigenvalue weighted by Crippen LogP contribution is 2.43. The molecular weight excluding hydrogens is 230 g/mol. The first kappa shape index (κ1) is 12.5. The van der Waals surface area contributed by atoms with E-state index in [1.807, 2.05) is 13.8 Å². The van der Waals surface area contributed by atoms with Crippen molar-refractivity contribution in [2.45, 2.75) is 49.7 Å². The summed E-state index contributed by atoms with van der Waals surface area (Å²) in [4.78, 5) is 13.1. The molecule has 1 heterocycles. The zero-order valence-electron chi connectivity index (χ0n) is 11.0. The number of rotatable bonds is 0. The van der Waals surface area contributed by atoms with E-state index in [-0.39, 0.29) is 16.1 Å². The van der Waals surface area contributed by atoms with Crippen LogP contribution >= 0.6 is 11.8 Å². The van der Waals surface area contributed by atoms with Gasteiger partial charge in [0.2, 0.25) is 5.91 Å². The highest BCUT2D eigenvalue weighted by atomic mass is 32.2. The van der Waals surface area contributed by atoms with Gasteiger partial charge in [-0.3, -0.25) is 4.79 Å². The predicted molar refractivity (Wildman–Crippen MR) is 73.7 cm³/mol. The van der Waals surface area contributed by atoms with Crippen molar-refractivity contribution in [3.8, 4) is 0 Å². The minimum Gasteiger partial charge on any atom is -0.324 e. The molecule has 0 aromatic heterocycles. The van der Waals surface area contributed by atoms with E-state index in [1.54, 1.807) is 11.8 Å². The third kappa shape index (κ3) is 2.34. The number of nitrogens with one attached hydrogen (secondary N) is 1. The van der Waals surface area contributed by atoms with Crippen molar-refractivity contribution in [3.05, 3.63) is 23.8 Å². The van der Waals surface area contributed by atoms with E-state index in [2.05, 4.69) is 44.3 Å². The Bertz CT molecular complexity index is 472. The summed E-state index contributed by atoms with van der Waals surface area (Å²) in [5.74, 6) is 0.0843. The standard InChI is InChI=1S/C14H19NOS/c1-13(2,3)9-6-7-11-10(8-9)15-12(16)14(4,5)17-11/h6-8H,1-5H3,(H,15,16). The zero-order valence-corrected chi connectivity index (χ0v) is 11.9. The van der Waals surface area contributed by atoms with E-state index in [0.29, 0.717) is 0 Å². The monoisotopic (exact) mass is 249 g/mol. The second kappa shape index (κ2) is 3.77. The molecule has 1 aliphatic rings. The van der Waals surface area contributed by atoms with E-state index < -0.39 is 0 Å². The van der Waals surface area contributed by atoms with Crippen LogP contribution in [0.5, 0.6) is 0 Å². The minimum atomic E-state index is -0.379. The van der Waals surface area contributed by atoms with Gasteiger partial charge in [-0.05, 0) is 37.0 Å². The Labute approximate surface area is 107 Å². The predicted octanol–water partition coefficient (Wildman–Crippen LogP) is 3.81. The van der Waals surface area contributed by atoms with Crippen molar-refractivity contribution < 1.29 is 4.79 Å². The number of benzene rings is 1. The maximum atomic E-state index is 11.9. The van der Waals surface area contributed by atoms with Crippen LogP contribution in [0.1, 0.15) is 40.2 Å². The normalized spacial score (nSPS) is 18.5. The van der Waals surface area contributed by atoms with Crippen LogP contribution in [-0.4, -0.2) is 10.7 Å². The number of amides is 1. The lowest BCUT2D eigenvalue weighted by molar-refractivity contribution is -0.117. The molecule has 1 aromatic rings. The summed E-state index contributed by atoms with van der Waals surface area (Å²) in [5, 5.41) is 3.00. The number of carbonyl (C=O) groups is 1. The molecule has 0 bridgehead atoms. The number of carbonyl (C=O) groups excluding carboxylic acids is 1. The van der Waals surface area contributed by atoms with Gasteiger partial charge in [-0.25, -0.2) is 0 Å². The fraction of sp³-hybridized carbons (Fsp3) is 0.500. The zero-order chi connectivity index (χ0) is 12.8. The van der Waals surface area contributed by atoms with Crippen LogP contribution in [0.2, 0.25) is 0 Å². The van der Waals surface area contributed by atoms with Crippen LogP contribution in [0, 0.1) is 0 Å². The summed E-state index contributed by atoms with van der Waals surface area (Å²) in [6.07, 6.45) is 0. The van der Waals surface area contributed by atoms with E-state index in [9.17, 15) is 4.79 Å². The number of thioether (sulfide) groups is 1. The molecule has 92 valence electrons. The molecule has 17 heavy (non-hydrogen) atoms. The van der Waals surface area contributed by atoms with Crippen molar-refractivity contribution in [2.75, 3.05) is 5.32 Å². The first-order chi connectivity index (χ1) is 7.70. The van der Waals surface area contributed by atoms with Gasteiger partial charge in [-0.2, -0.15) is 0 Å². The van der Waals surface area contributed by atoms with Crippen molar-refractivity contribution >= 4 is 23.4 Å². The molecular formula is C14H19NOS. The summed E-state index contributed by atoms with van der Waals surface area (Å²) in [7, 11) is 0. The second-order valence-electron chi connectivity index (χ2n) is 6.03. The Balaban J connectivity index is 2.43. The molecule has 0 aliphatic carbocycles. The summed E-state index contributed by atoms with van der Waals surface area (Å²) in [6, 6.07) is 6.36. The number of hydrogen-bond acceptors (Lipinski definition) is 2. The number of fused-ring (bicyclic) bond motifs is 1. The maximum absolute atomic E-state index is 11.9. The van der Waals surface area contributed by atoms with E-state index in [1.165, 1.54) is 5.56 Å². The fourth-order valence-corrected chi connectivity index (χ4v) is 2.83. The van der Waals surface area contributed by atoms with E-state index in [0.717, 1.165) is 10.6 Å². The molecule has 0 fully saturated rings. The maximum Gasteiger partial charge on any atom is 0.240 e. The highest BCUT2D eigenvalue weighted by molar-refractivity contribution is 8.01. The topological polar surface area (TPSA) is 29.1 Å². The molecule has 1 N–H and O–H groups in total. The van der Waals surface area contributed by atoms with Crippen molar-refractivity contribution in [1.29, 1.82) is 0 Å². The minimum absolute atomic E-state index is 0.0843. The fourth-order valence-electron chi connectivity index (χ4n) is 1.78. The van der Waals surface area contributed by atoms with Gasteiger partial charge in [0.05, 0.1) is 10.4 Å². The molecule has 0 saturated carbocycles. The Morgan fingerprint density at radius 3 is 2.47 bits per heavy atom. The van der Waals surface area contributed by atoms with Crippen molar-refractivity contribution in [3.63, 3.8) is 0 Å². The van der Waals surface area contributed by atoms with Gasteiger partial charge in [0.25, 0.3) is 0 Å². The van der Waals surface area contributed by atoms with Gasteiger partial charge in [0, 0.05) is 4.90 Å². The number of anilines is 1. The van der Waals surface area contributed by atoms with Gasteiger partial charge in [0.1, 0.15) is 0 Å². The first-order valence-electron chi connectivity index (χ1n) is 5.85. The lowest BCUT2D eigenvalue weighted by Crippen LogP contribution is -2.37. The molecule has 1 aliphatic heterocycles. The molecule has 1 aromatic carbocycles. The summed E-state index contributed by atoms with van der Waals surface area (Å²) in [6.45, 7) is 10.4. The first-order valence-corrected chi connectivity index (χ1v) is 6.67. The molecule has 1 amide bonds. The van der Waals surface area contributed by atoms with Gasteiger partial charge < -0.3 is 5.32 Å². The molecule has 0 unspecified atom stereocenters. The SMILES string of the molecule is CC1(C)Sc2ccc(C(C)(C)C)cc2NC1=O. The van der Waals surface area contributed by atoms with Gasteiger partial charge in [-0.15, -0.1) is 11.8 Å². The lowest BCUT2D eigenvalue weighted by Gasteiger charge is -2.31. The molecule has 2 nitrogen and oxygen atoms in total. The molecule has 0 radical (unpaired) electrons. The Kier molecular flexibility index (Phi) is 2.77. The average Bonchev–Trinajstić information content (AvgIpc) is 2.17. The van der Waals surface area contributed by atoms with Crippen LogP contribution < -0.4 is 5.32 Å². The third-order valence-corrected chi connectivity index (χ3v) is 4.28. The summed E-state index contributed by atoms with van der Waals surface area (Å²) in [5.41, 5.74) is 2.31. The summed E-state index contributed by atoms with van der Waals surface area (Å²) < 4.78 is -0.379. The van der Waals surface area contributed by atoms with Crippen molar-refractivity contribution in [1.82, 2.24) is 0 Å². The van der Waals surface area contributed by atoms with E-state index >= 15 is 0 Å². The average molecular weight is 249 g/mol. The van der Waals surface area contributed by atoms with Crippen LogP contribution in [0.15, 0.2) is 23.1 Å². The third-order valence-electron chi connectivity index (χ3n) is 3.01. The molecule has 0 saturated heterocycles. The van der Waals surface area contributed by atoms with Gasteiger partial charge in [0.15, 0.2) is 0 Å². The second-order valence-corrected chi connectivity index (χ2v) is 7.69. The highest BCUT2D eigenvalue weighted by Gasteiger charge is 2.34. The molecule has 3 heteroatoms. The lowest BCUT2D eigenvalue weighted by atomic mass is 9.87. The molecule has 0 spiro atoms.